The zero-order valence-corrected chi connectivity index (χ0v) is 20.0. The fraction of sp³-hybridized carbons (Fsp3) is 0.120. The standard InChI is InChI=1S/C25H18ClF4N3O4/c1-32-22(20-18(27)11-17(36-2)12-19(20)28)21(24(35)33(32)15-5-3-4-14(26)10-15)31-23(34)13-6-8-16(9-7-13)37-25(29)30/h3-12,25H,1-2H3,(H,31,34). The van der Waals surface area contributed by atoms with Gasteiger partial charge in [0, 0.05) is 29.8 Å². The molecule has 0 aliphatic carbocycles. The Labute approximate surface area is 212 Å². The second-order valence-electron chi connectivity index (χ2n) is 7.67. The van der Waals surface area contributed by atoms with Crippen LogP contribution in [0.4, 0.5) is 23.2 Å². The summed E-state index contributed by atoms with van der Waals surface area (Å²) in [5.41, 5.74) is -1.85. The predicted octanol–water partition coefficient (Wildman–Crippen LogP) is 5.64. The van der Waals surface area contributed by atoms with Crippen molar-refractivity contribution in [1.82, 2.24) is 9.36 Å². The normalized spacial score (nSPS) is 11.0. The van der Waals surface area contributed by atoms with Gasteiger partial charge >= 0.3 is 6.61 Å². The minimum Gasteiger partial charge on any atom is -0.497 e. The minimum atomic E-state index is -3.05. The van der Waals surface area contributed by atoms with Gasteiger partial charge in [-0.3, -0.25) is 14.3 Å². The monoisotopic (exact) mass is 535 g/mol. The molecule has 1 N–H and O–H groups in total. The number of ether oxygens (including phenoxy) is 2. The van der Waals surface area contributed by atoms with E-state index in [0.29, 0.717) is 5.02 Å². The highest BCUT2D eigenvalue weighted by Gasteiger charge is 2.27. The van der Waals surface area contributed by atoms with Gasteiger partial charge in [0.25, 0.3) is 11.5 Å². The summed E-state index contributed by atoms with van der Waals surface area (Å²) in [5, 5.41) is 2.70. The van der Waals surface area contributed by atoms with Gasteiger partial charge in [-0.1, -0.05) is 17.7 Å². The number of anilines is 1. The van der Waals surface area contributed by atoms with E-state index in [1.54, 1.807) is 18.2 Å². The quantitative estimate of drug-likeness (QED) is 0.311. The molecule has 4 rings (SSSR count). The molecule has 3 aromatic carbocycles. The first-order chi connectivity index (χ1) is 17.6. The molecule has 4 aromatic rings. The van der Waals surface area contributed by atoms with Crippen molar-refractivity contribution in [1.29, 1.82) is 0 Å². The smallest absolute Gasteiger partial charge is 0.387 e. The fourth-order valence-corrected chi connectivity index (χ4v) is 3.95. The molecule has 0 bridgehead atoms. The molecule has 0 aliphatic heterocycles. The third kappa shape index (κ3) is 5.17. The second-order valence-corrected chi connectivity index (χ2v) is 8.10. The van der Waals surface area contributed by atoms with Crippen LogP contribution in [-0.4, -0.2) is 29.0 Å². The number of hydrogen-bond acceptors (Lipinski definition) is 4. The lowest BCUT2D eigenvalue weighted by Gasteiger charge is -2.13. The Hall–Kier alpha value is -4.25. The molecule has 0 unspecified atom stereocenters. The van der Waals surface area contributed by atoms with Crippen LogP contribution in [0.5, 0.6) is 11.5 Å². The summed E-state index contributed by atoms with van der Waals surface area (Å²) in [5.74, 6) is -3.19. The molecule has 12 heteroatoms. The number of aromatic nitrogens is 2. The third-order valence-corrected chi connectivity index (χ3v) is 5.62. The van der Waals surface area contributed by atoms with E-state index in [0.717, 1.165) is 28.9 Å². The Morgan fingerprint density at radius 3 is 2.22 bits per heavy atom. The number of nitrogens with zero attached hydrogens (tertiary/aromatic N) is 2. The predicted molar refractivity (Wildman–Crippen MR) is 129 cm³/mol. The molecule has 0 spiro atoms. The van der Waals surface area contributed by atoms with Gasteiger partial charge < -0.3 is 14.8 Å². The molecule has 1 aromatic heterocycles. The number of rotatable bonds is 7. The van der Waals surface area contributed by atoms with Gasteiger partial charge in [0.1, 0.15) is 34.5 Å². The first kappa shape index (κ1) is 25.8. The van der Waals surface area contributed by atoms with Crippen LogP contribution >= 0.6 is 11.6 Å². The molecule has 1 amide bonds. The van der Waals surface area contributed by atoms with Crippen molar-refractivity contribution in [2.75, 3.05) is 12.4 Å². The maximum absolute atomic E-state index is 15.1. The van der Waals surface area contributed by atoms with Crippen molar-refractivity contribution in [2.45, 2.75) is 6.61 Å². The van der Waals surface area contributed by atoms with E-state index in [1.807, 2.05) is 0 Å². The molecule has 192 valence electrons. The number of alkyl halides is 2. The van der Waals surface area contributed by atoms with Gasteiger partial charge in [-0.15, -0.1) is 0 Å². The van der Waals surface area contributed by atoms with Gasteiger partial charge in [0.05, 0.1) is 18.4 Å². The zero-order chi connectivity index (χ0) is 26.9. The highest BCUT2D eigenvalue weighted by atomic mass is 35.5. The van der Waals surface area contributed by atoms with E-state index < -0.39 is 41.0 Å². The van der Waals surface area contributed by atoms with Crippen LogP contribution in [0.3, 0.4) is 0 Å². The first-order valence-corrected chi connectivity index (χ1v) is 11.0. The average molecular weight is 536 g/mol. The maximum atomic E-state index is 15.1. The van der Waals surface area contributed by atoms with Crippen molar-refractivity contribution in [3.05, 3.63) is 93.2 Å². The lowest BCUT2D eigenvalue weighted by molar-refractivity contribution is -0.0498. The van der Waals surface area contributed by atoms with Gasteiger partial charge in [0.2, 0.25) is 0 Å². The zero-order valence-electron chi connectivity index (χ0n) is 19.3. The molecule has 0 atom stereocenters. The molecule has 0 saturated heterocycles. The molecule has 0 aliphatic rings. The largest absolute Gasteiger partial charge is 0.497 e. The van der Waals surface area contributed by atoms with E-state index in [9.17, 15) is 18.4 Å². The average Bonchev–Trinajstić information content (AvgIpc) is 3.07. The van der Waals surface area contributed by atoms with Crippen molar-refractivity contribution >= 4 is 23.2 Å². The highest BCUT2D eigenvalue weighted by Crippen LogP contribution is 2.34. The van der Waals surface area contributed by atoms with Crippen LogP contribution in [0.15, 0.2) is 65.5 Å². The molecule has 37 heavy (non-hydrogen) atoms. The summed E-state index contributed by atoms with van der Waals surface area (Å²) >= 11 is 6.07. The van der Waals surface area contributed by atoms with Crippen molar-refractivity contribution in [2.24, 2.45) is 7.05 Å². The van der Waals surface area contributed by atoms with E-state index in [1.165, 1.54) is 37.0 Å². The van der Waals surface area contributed by atoms with E-state index in [4.69, 9.17) is 16.3 Å². The minimum absolute atomic E-state index is 0.0270. The number of amides is 1. The maximum Gasteiger partial charge on any atom is 0.387 e. The highest BCUT2D eigenvalue weighted by molar-refractivity contribution is 6.30. The fourth-order valence-electron chi connectivity index (χ4n) is 3.77. The number of carbonyl (C=O) groups excluding carboxylic acids is 1. The molecule has 1 heterocycles. The number of nitrogens with one attached hydrogen (secondary N) is 1. The molecule has 0 saturated carbocycles. The van der Waals surface area contributed by atoms with E-state index >= 15 is 8.78 Å². The number of halogens is 5. The van der Waals surface area contributed by atoms with Gasteiger partial charge in [-0.05, 0) is 42.5 Å². The van der Waals surface area contributed by atoms with Crippen molar-refractivity contribution < 1.29 is 31.8 Å². The second kappa shape index (κ2) is 10.4. The number of hydrogen-bond donors (Lipinski definition) is 1. The Balaban J connectivity index is 1.87. The molecule has 0 radical (unpaired) electrons. The SMILES string of the molecule is COc1cc(F)c(-c2c(NC(=O)c3ccc(OC(F)F)cc3)c(=O)n(-c3cccc(Cl)c3)n2C)c(F)c1. The number of carbonyl (C=O) groups is 1. The van der Waals surface area contributed by atoms with Crippen molar-refractivity contribution in [3.8, 4) is 28.4 Å². The summed E-state index contributed by atoms with van der Waals surface area (Å²) in [4.78, 5) is 26.5. The summed E-state index contributed by atoms with van der Waals surface area (Å²) < 4.78 is 66.5. The molecule has 0 fully saturated rings. The molecule has 7 nitrogen and oxygen atoms in total. The molecular formula is C25H18ClF4N3O4. The lowest BCUT2D eigenvalue weighted by Crippen LogP contribution is -2.23. The number of methoxy groups -OCH3 is 1. The molecular weight excluding hydrogens is 518 g/mol. The van der Waals surface area contributed by atoms with Crippen LogP contribution in [0.2, 0.25) is 5.02 Å². The third-order valence-electron chi connectivity index (χ3n) is 5.39. The van der Waals surface area contributed by atoms with Crippen LogP contribution < -0.4 is 20.3 Å². The van der Waals surface area contributed by atoms with Gasteiger partial charge in [-0.2, -0.15) is 8.78 Å². The Kier molecular flexibility index (Phi) is 7.25. The van der Waals surface area contributed by atoms with Gasteiger partial charge in [0.15, 0.2) is 0 Å². The van der Waals surface area contributed by atoms with Crippen LogP contribution in [-0.2, 0) is 7.05 Å². The Bertz CT molecular complexity index is 1510. The van der Waals surface area contributed by atoms with Gasteiger partial charge in [-0.25, -0.2) is 13.5 Å². The Morgan fingerprint density at radius 1 is 1.00 bits per heavy atom. The summed E-state index contributed by atoms with van der Waals surface area (Å²) in [7, 11) is 2.62. The van der Waals surface area contributed by atoms with E-state index in [-0.39, 0.29) is 28.4 Å². The number of benzene rings is 3. The topological polar surface area (TPSA) is 74.5 Å². The van der Waals surface area contributed by atoms with Crippen LogP contribution in [0.25, 0.3) is 16.9 Å². The van der Waals surface area contributed by atoms with Crippen LogP contribution in [0, 0.1) is 11.6 Å². The van der Waals surface area contributed by atoms with Crippen molar-refractivity contribution in [3.63, 3.8) is 0 Å². The summed E-state index contributed by atoms with van der Waals surface area (Å²) in [6.45, 7) is -3.05. The first-order valence-electron chi connectivity index (χ1n) is 10.6. The lowest BCUT2D eigenvalue weighted by atomic mass is 10.1. The Morgan fingerprint density at radius 2 is 1.65 bits per heavy atom. The van der Waals surface area contributed by atoms with E-state index in [2.05, 4.69) is 10.1 Å². The van der Waals surface area contributed by atoms with Crippen LogP contribution in [0.1, 0.15) is 10.4 Å². The summed E-state index contributed by atoms with van der Waals surface area (Å²) in [6.07, 6.45) is 0. The summed E-state index contributed by atoms with van der Waals surface area (Å²) in [6, 6.07) is 12.7.